The molecule has 0 atom stereocenters. The van der Waals surface area contributed by atoms with Crippen molar-refractivity contribution in [2.75, 3.05) is 6.26 Å². The second-order valence-corrected chi connectivity index (χ2v) is 5.61. The number of rotatable bonds is 5. The maximum atomic E-state index is 12.2. The highest BCUT2D eigenvalue weighted by Gasteiger charge is 2.15. The number of non-ortho nitro benzene ring substituents is 1. The molecule has 0 aliphatic heterocycles. The third-order valence-electron chi connectivity index (χ3n) is 2.96. The van der Waals surface area contributed by atoms with Crippen LogP contribution in [0.4, 0.5) is 5.69 Å². The van der Waals surface area contributed by atoms with Gasteiger partial charge in [-0.1, -0.05) is 23.4 Å². The van der Waals surface area contributed by atoms with Crippen LogP contribution in [0.25, 0.3) is 6.20 Å². The lowest BCUT2D eigenvalue weighted by atomic mass is 10.1. The average molecular weight is 352 g/mol. The quantitative estimate of drug-likeness (QED) is 0.223. The van der Waals surface area contributed by atoms with Crippen LogP contribution < -0.4 is 4.57 Å². The molecule has 1 aromatic carbocycles. The first kappa shape index (κ1) is 17.0. The molecule has 0 fully saturated rings. The number of ketones is 1. The van der Waals surface area contributed by atoms with Crippen LogP contribution in [0.2, 0.25) is 5.02 Å². The molecule has 118 valence electrons. The molecule has 1 N–H and O–H groups in total. The highest BCUT2D eigenvalue weighted by atomic mass is 35.5. The van der Waals surface area contributed by atoms with Crippen LogP contribution in [-0.4, -0.2) is 22.1 Å². The monoisotopic (exact) mass is 351 g/mol. The van der Waals surface area contributed by atoms with E-state index in [1.54, 1.807) is 29.2 Å². The van der Waals surface area contributed by atoms with Gasteiger partial charge in [-0.05, 0) is 18.4 Å². The summed E-state index contributed by atoms with van der Waals surface area (Å²) in [7, 11) is 0. The molecular weight excluding hydrogens is 340 g/mol. The molecule has 6 nitrogen and oxygen atoms in total. The number of nitro groups is 1. The van der Waals surface area contributed by atoms with Gasteiger partial charge in [0.15, 0.2) is 23.9 Å². The van der Waals surface area contributed by atoms with Crippen LogP contribution in [0, 0.1) is 10.1 Å². The number of hydrogen-bond donors (Lipinski definition) is 1. The Morgan fingerprint density at radius 2 is 2.17 bits per heavy atom. The van der Waals surface area contributed by atoms with Crippen LogP contribution in [0.3, 0.4) is 0 Å². The van der Waals surface area contributed by atoms with Crippen molar-refractivity contribution in [3.63, 3.8) is 0 Å². The topological polar surface area (TPSA) is 84.3 Å². The van der Waals surface area contributed by atoms with Gasteiger partial charge in [-0.25, -0.2) is 0 Å². The van der Waals surface area contributed by atoms with Crippen molar-refractivity contribution >= 4 is 41.0 Å². The smallest absolute Gasteiger partial charge is 0.287 e. The number of aromatic hydroxyl groups is 1. The second-order valence-electron chi connectivity index (χ2n) is 4.41. The van der Waals surface area contributed by atoms with Gasteiger partial charge >= 0.3 is 0 Å². The largest absolute Gasteiger partial charge is 0.502 e. The second kappa shape index (κ2) is 7.26. The van der Waals surface area contributed by atoms with Crippen molar-refractivity contribution < 1.29 is 19.4 Å². The van der Waals surface area contributed by atoms with Crippen molar-refractivity contribution in [2.45, 2.75) is 5.03 Å². The minimum atomic E-state index is -0.580. The van der Waals surface area contributed by atoms with Crippen molar-refractivity contribution in [1.82, 2.24) is 0 Å². The fraction of sp³-hybridized carbons (Fsp3) is 0.0667. The fourth-order valence-electron chi connectivity index (χ4n) is 1.88. The lowest BCUT2D eigenvalue weighted by molar-refractivity contribution is -0.610. The molecule has 23 heavy (non-hydrogen) atoms. The van der Waals surface area contributed by atoms with Crippen LogP contribution in [0.5, 0.6) is 5.75 Å². The number of carbonyl (C=O) groups excluding carboxylic acids is 1. The Morgan fingerprint density at radius 1 is 1.43 bits per heavy atom. The minimum absolute atomic E-state index is 0.0137. The number of benzene rings is 1. The first-order chi connectivity index (χ1) is 10.9. The van der Waals surface area contributed by atoms with Gasteiger partial charge in [0.1, 0.15) is 0 Å². The van der Waals surface area contributed by atoms with E-state index >= 15 is 0 Å². The molecular formula is C15H12ClN2O4S+. The number of pyridine rings is 1. The lowest BCUT2D eigenvalue weighted by Crippen LogP contribution is -2.28. The average Bonchev–Trinajstić information content (AvgIpc) is 2.52. The lowest BCUT2D eigenvalue weighted by Gasteiger charge is -2.00. The predicted molar refractivity (Wildman–Crippen MR) is 87.8 cm³/mol. The molecule has 1 aromatic heterocycles. The first-order valence-electron chi connectivity index (χ1n) is 6.37. The van der Waals surface area contributed by atoms with Gasteiger partial charge in [0.05, 0.1) is 16.0 Å². The van der Waals surface area contributed by atoms with Crippen LogP contribution >= 0.6 is 23.4 Å². The van der Waals surface area contributed by atoms with Crippen LogP contribution in [-0.2, 0) is 0 Å². The summed E-state index contributed by atoms with van der Waals surface area (Å²) in [5.74, 6) is -0.293. The normalized spacial score (nSPS) is 10.9. The highest BCUT2D eigenvalue weighted by molar-refractivity contribution is 7.98. The number of hydrogen-bond acceptors (Lipinski definition) is 5. The number of thioether (sulfide) groups is 1. The van der Waals surface area contributed by atoms with Crippen molar-refractivity contribution in [3.05, 3.63) is 63.3 Å². The van der Waals surface area contributed by atoms with Gasteiger partial charge in [0.2, 0.25) is 0 Å². The summed E-state index contributed by atoms with van der Waals surface area (Å²) in [6.07, 6.45) is 6.26. The molecule has 0 aliphatic carbocycles. The predicted octanol–water partition coefficient (Wildman–Crippen LogP) is 3.32. The van der Waals surface area contributed by atoms with E-state index in [2.05, 4.69) is 0 Å². The molecule has 2 rings (SSSR count). The Bertz CT molecular complexity index is 808. The Kier molecular flexibility index (Phi) is 5.36. The number of allylic oxidation sites excluding steroid dienone is 1. The Morgan fingerprint density at radius 3 is 2.78 bits per heavy atom. The maximum absolute atomic E-state index is 12.2. The molecule has 0 radical (unpaired) electrons. The standard InChI is InChI=1S/C15H11ClN2O4S/c1-23-15-14(20)3-2-7-17(15)8-6-13(19)11-5-4-10(18(21)22)9-12(11)16/h2-9H,1H3/p+1/b8-6+. The molecule has 8 heteroatoms. The number of aromatic nitrogens is 1. The Balaban J connectivity index is 2.29. The van der Waals surface area contributed by atoms with Gasteiger partial charge in [-0.2, -0.15) is 4.57 Å². The SMILES string of the molecule is CSc1c(O)ccc[n+]1/C=C/C(=O)c1ccc([N+](=O)[O-])cc1Cl. The summed E-state index contributed by atoms with van der Waals surface area (Å²) in [4.78, 5) is 22.3. The van der Waals surface area contributed by atoms with Gasteiger partial charge in [0, 0.05) is 23.8 Å². The van der Waals surface area contributed by atoms with E-state index in [4.69, 9.17) is 11.6 Å². The van der Waals surface area contributed by atoms with Gasteiger partial charge in [-0.3, -0.25) is 14.9 Å². The first-order valence-corrected chi connectivity index (χ1v) is 7.98. The molecule has 0 amide bonds. The van der Waals surface area contributed by atoms with E-state index in [0.717, 1.165) is 6.07 Å². The molecule has 2 aromatic rings. The fourth-order valence-corrected chi connectivity index (χ4v) is 2.76. The van der Waals surface area contributed by atoms with E-state index in [1.807, 2.05) is 0 Å². The van der Waals surface area contributed by atoms with Crippen molar-refractivity contribution in [1.29, 1.82) is 0 Å². The van der Waals surface area contributed by atoms with Crippen LogP contribution in [0.15, 0.2) is 47.6 Å². The zero-order valence-electron chi connectivity index (χ0n) is 12.0. The van der Waals surface area contributed by atoms with E-state index < -0.39 is 10.7 Å². The molecule has 0 unspecified atom stereocenters. The number of carbonyl (C=O) groups is 1. The zero-order valence-corrected chi connectivity index (χ0v) is 13.5. The molecule has 0 saturated heterocycles. The molecule has 0 saturated carbocycles. The summed E-state index contributed by atoms with van der Waals surface area (Å²) < 4.78 is 1.59. The van der Waals surface area contributed by atoms with Gasteiger partial charge in [0.25, 0.3) is 10.7 Å². The molecule has 0 aliphatic rings. The maximum Gasteiger partial charge on any atom is 0.287 e. The molecule has 0 spiro atoms. The summed E-state index contributed by atoms with van der Waals surface area (Å²) in [6, 6.07) is 6.86. The number of nitrogens with zero attached hydrogens (tertiary/aromatic N) is 2. The Hall–Kier alpha value is -2.38. The third-order valence-corrected chi connectivity index (χ3v) is 4.08. The molecule has 0 bridgehead atoms. The number of nitro benzene ring substituents is 1. The summed E-state index contributed by atoms with van der Waals surface area (Å²) in [5, 5.41) is 21.0. The third kappa shape index (κ3) is 3.88. The zero-order chi connectivity index (χ0) is 17.0. The summed E-state index contributed by atoms with van der Waals surface area (Å²) in [5.41, 5.74) is -0.0115. The number of halogens is 1. The van der Waals surface area contributed by atoms with E-state index in [9.17, 15) is 20.0 Å². The van der Waals surface area contributed by atoms with Crippen molar-refractivity contribution in [3.8, 4) is 5.75 Å². The van der Waals surface area contributed by atoms with E-state index in [1.165, 1.54) is 36.2 Å². The van der Waals surface area contributed by atoms with E-state index in [0.29, 0.717) is 5.03 Å². The summed E-state index contributed by atoms with van der Waals surface area (Å²) in [6.45, 7) is 0. The minimum Gasteiger partial charge on any atom is -0.502 e. The highest BCUT2D eigenvalue weighted by Crippen LogP contribution is 2.24. The van der Waals surface area contributed by atoms with Crippen molar-refractivity contribution in [2.24, 2.45) is 0 Å². The molecule has 1 heterocycles. The van der Waals surface area contributed by atoms with Gasteiger partial charge in [-0.15, -0.1) is 0 Å². The van der Waals surface area contributed by atoms with Gasteiger partial charge < -0.3 is 5.11 Å². The van der Waals surface area contributed by atoms with E-state index in [-0.39, 0.29) is 22.0 Å². The van der Waals surface area contributed by atoms with Crippen LogP contribution in [0.1, 0.15) is 10.4 Å². The Labute approximate surface area is 141 Å². The summed E-state index contributed by atoms with van der Waals surface area (Å²) >= 11 is 7.25.